The number of fused-ring (bicyclic) bond motifs is 1. The summed E-state index contributed by atoms with van der Waals surface area (Å²) in [7, 11) is 0. The summed E-state index contributed by atoms with van der Waals surface area (Å²) in [6.07, 6.45) is 0. The molecule has 0 spiro atoms. The van der Waals surface area contributed by atoms with Gasteiger partial charge in [0.05, 0.1) is 23.4 Å². The number of para-hydroxylation sites is 1. The van der Waals surface area contributed by atoms with Gasteiger partial charge in [0.25, 0.3) is 5.91 Å². The lowest BCUT2D eigenvalue weighted by molar-refractivity contribution is 0.102. The van der Waals surface area contributed by atoms with Crippen molar-refractivity contribution in [3.05, 3.63) is 88.9 Å². The van der Waals surface area contributed by atoms with Crippen LogP contribution in [-0.4, -0.2) is 20.7 Å². The molecule has 1 N–H and O–H groups in total. The average molecular weight is 370 g/mol. The van der Waals surface area contributed by atoms with Crippen molar-refractivity contribution in [2.75, 3.05) is 5.32 Å². The molecular weight excluding hydrogens is 348 g/mol. The summed E-state index contributed by atoms with van der Waals surface area (Å²) in [4.78, 5) is 17.3. The summed E-state index contributed by atoms with van der Waals surface area (Å²) in [6, 6.07) is 19.4. The lowest BCUT2D eigenvalue weighted by Crippen LogP contribution is -2.13. The highest BCUT2D eigenvalue weighted by Crippen LogP contribution is 2.23. The van der Waals surface area contributed by atoms with Crippen molar-refractivity contribution >= 4 is 22.5 Å². The molecule has 4 aromatic rings. The molecule has 2 aromatic heterocycles. The molecule has 0 aliphatic rings. The summed E-state index contributed by atoms with van der Waals surface area (Å²) in [5.41, 5.74) is 6.38. The number of hydrogen-bond acceptors (Lipinski definition) is 3. The molecule has 2 aromatic carbocycles. The molecule has 2 heterocycles. The van der Waals surface area contributed by atoms with E-state index < -0.39 is 0 Å². The van der Waals surface area contributed by atoms with Crippen LogP contribution < -0.4 is 5.32 Å². The molecule has 0 saturated carbocycles. The highest BCUT2D eigenvalue weighted by atomic mass is 16.1. The zero-order chi connectivity index (χ0) is 19.7. The first-order valence-electron chi connectivity index (χ1n) is 9.27. The second-order valence-corrected chi connectivity index (χ2v) is 7.06. The average Bonchev–Trinajstić information content (AvgIpc) is 2.99. The molecule has 28 heavy (non-hydrogen) atoms. The molecule has 140 valence electrons. The van der Waals surface area contributed by atoms with E-state index in [0.717, 1.165) is 39.2 Å². The minimum atomic E-state index is -0.131. The number of nitrogens with zero attached hydrogens (tertiary/aromatic N) is 3. The molecule has 0 radical (unpaired) electrons. The number of aromatic nitrogens is 3. The highest BCUT2D eigenvalue weighted by molar-refractivity contribution is 6.08. The van der Waals surface area contributed by atoms with E-state index in [2.05, 4.69) is 21.5 Å². The number of hydrogen-bond donors (Lipinski definition) is 1. The van der Waals surface area contributed by atoms with Crippen LogP contribution in [-0.2, 0) is 6.54 Å². The van der Waals surface area contributed by atoms with Crippen molar-refractivity contribution in [1.82, 2.24) is 14.8 Å². The van der Waals surface area contributed by atoms with Gasteiger partial charge in [-0.3, -0.25) is 14.5 Å². The van der Waals surface area contributed by atoms with E-state index in [9.17, 15) is 4.79 Å². The molecule has 4 rings (SSSR count). The number of nitrogens with one attached hydrogen (secondary N) is 1. The fraction of sp³-hybridized carbons (Fsp3) is 0.174. The van der Waals surface area contributed by atoms with Crippen LogP contribution >= 0.6 is 0 Å². The number of benzene rings is 2. The molecule has 0 fully saturated rings. The standard InChI is InChI=1S/C23H22N4O/c1-15-13-22(20-6-4-5-7-21(20)24-15)25-23(28)19-10-8-18(9-11-19)14-27-17(3)12-16(2)26-27/h4-13H,14H2,1-3H3,(H,24,25,28). The molecule has 0 aliphatic heterocycles. The van der Waals surface area contributed by atoms with E-state index in [-0.39, 0.29) is 5.91 Å². The predicted octanol–water partition coefficient (Wildman–Crippen LogP) is 4.66. The number of carbonyl (C=O) groups excluding carboxylic acids is 1. The summed E-state index contributed by atoms with van der Waals surface area (Å²) in [6.45, 7) is 6.65. The Morgan fingerprint density at radius 1 is 0.964 bits per heavy atom. The monoisotopic (exact) mass is 370 g/mol. The van der Waals surface area contributed by atoms with Crippen LogP contribution in [0.25, 0.3) is 10.9 Å². The molecule has 0 saturated heterocycles. The maximum Gasteiger partial charge on any atom is 0.255 e. The first-order valence-corrected chi connectivity index (χ1v) is 9.27. The first-order chi connectivity index (χ1) is 13.5. The molecule has 1 amide bonds. The molecular formula is C23H22N4O. The van der Waals surface area contributed by atoms with Crippen LogP contribution in [0.1, 0.15) is 33.0 Å². The van der Waals surface area contributed by atoms with Gasteiger partial charge in [-0.2, -0.15) is 5.10 Å². The number of pyridine rings is 1. The van der Waals surface area contributed by atoms with Gasteiger partial charge in [-0.15, -0.1) is 0 Å². The Morgan fingerprint density at radius 2 is 1.71 bits per heavy atom. The molecule has 0 atom stereocenters. The molecule has 0 unspecified atom stereocenters. The van der Waals surface area contributed by atoms with Gasteiger partial charge >= 0.3 is 0 Å². The minimum Gasteiger partial charge on any atom is -0.321 e. The topological polar surface area (TPSA) is 59.8 Å². The van der Waals surface area contributed by atoms with E-state index in [1.54, 1.807) is 0 Å². The number of anilines is 1. The third-order valence-electron chi connectivity index (χ3n) is 4.74. The van der Waals surface area contributed by atoms with Gasteiger partial charge < -0.3 is 5.32 Å². The highest BCUT2D eigenvalue weighted by Gasteiger charge is 2.10. The molecule has 5 heteroatoms. The smallest absolute Gasteiger partial charge is 0.255 e. The van der Waals surface area contributed by atoms with Crippen LogP contribution in [0.3, 0.4) is 0 Å². The second-order valence-electron chi connectivity index (χ2n) is 7.06. The number of rotatable bonds is 4. The number of carbonyl (C=O) groups is 1. The van der Waals surface area contributed by atoms with Crippen molar-refractivity contribution in [2.24, 2.45) is 0 Å². The maximum absolute atomic E-state index is 12.7. The Hall–Kier alpha value is -3.47. The van der Waals surface area contributed by atoms with Crippen molar-refractivity contribution in [3.8, 4) is 0 Å². The number of amides is 1. The Bertz CT molecular complexity index is 1160. The Balaban J connectivity index is 1.54. The fourth-order valence-corrected chi connectivity index (χ4v) is 3.38. The lowest BCUT2D eigenvalue weighted by Gasteiger charge is -2.10. The van der Waals surface area contributed by atoms with Gasteiger partial charge in [0.2, 0.25) is 0 Å². The Kier molecular flexibility index (Phi) is 4.65. The summed E-state index contributed by atoms with van der Waals surface area (Å²) in [5, 5.41) is 8.45. The lowest BCUT2D eigenvalue weighted by atomic mass is 10.1. The molecule has 5 nitrogen and oxygen atoms in total. The SMILES string of the molecule is Cc1cc(NC(=O)c2ccc(Cn3nc(C)cc3C)cc2)c2ccccc2n1. The van der Waals surface area contributed by atoms with Crippen LogP contribution in [0, 0.1) is 20.8 Å². The largest absolute Gasteiger partial charge is 0.321 e. The van der Waals surface area contributed by atoms with Gasteiger partial charge in [0.1, 0.15) is 0 Å². The number of aryl methyl sites for hydroxylation is 3. The zero-order valence-corrected chi connectivity index (χ0v) is 16.2. The van der Waals surface area contributed by atoms with E-state index in [4.69, 9.17) is 0 Å². The van der Waals surface area contributed by atoms with Crippen LogP contribution in [0.4, 0.5) is 5.69 Å². The quantitative estimate of drug-likeness (QED) is 0.568. The van der Waals surface area contributed by atoms with E-state index in [0.29, 0.717) is 12.1 Å². The van der Waals surface area contributed by atoms with E-state index >= 15 is 0 Å². The van der Waals surface area contributed by atoms with E-state index in [1.807, 2.05) is 80.1 Å². The normalized spacial score (nSPS) is 11.0. The predicted molar refractivity (Wildman–Crippen MR) is 112 cm³/mol. The van der Waals surface area contributed by atoms with Crippen LogP contribution in [0.2, 0.25) is 0 Å². The van der Waals surface area contributed by atoms with Crippen molar-refractivity contribution in [2.45, 2.75) is 27.3 Å². The summed E-state index contributed by atoms with van der Waals surface area (Å²) >= 11 is 0. The summed E-state index contributed by atoms with van der Waals surface area (Å²) < 4.78 is 1.97. The van der Waals surface area contributed by atoms with Crippen molar-refractivity contribution < 1.29 is 4.79 Å². The van der Waals surface area contributed by atoms with Crippen molar-refractivity contribution in [3.63, 3.8) is 0 Å². The zero-order valence-electron chi connectivity index (χ0n) is 16.2. The van der Waals surface area contributed by atoms with Gasteiger partial charge in [-0.25, -0.2) is 0 Å². The third-order valence-corrected chi connectivity index (χ3v) is 4.74. The second kappa shape index (κ2) is 7.27. The van der Waals surface area contributed by atoms with Gasteiger partial charge in [0, 0.05) is 22.3 Å². The van der Waals surface area contributed by atoms with Gasteiger partial charge in [-0.1, -0.05) is 30.3 Å². The van der Waals surface area contributed by atoms with E-state index in [1.165, 1.54) is 0 Å². The van der Waals surface area contributed by atoms with Gasteiger partial charge in [-0.05, 0) is 56.7 Å². The fourth-order valence-electron chi connectivity index (χ4n) is 3.38. The van der Waals surface area contributed by atoms with Crippen LogP contribution in [0.15, 0.2) is 60.7 Å². The molecule has 0 bridgehead atoms. The molecule has 0 aliphatic carbocycles. The Labute approximate surface area is 164 Å². The minimum absolute atomic E-state index is 0.131. The van der Waals surface area contributed by atoms with Gasteiger partial charge in [0.15, 0.2) is 0 Å². The summed E-state index contributed by atoms with van der Waals surface area (Å²) in [5.74, 6) is -0.131. The maximum atomic E-state index is 12.7. The van der Waals surface area contributed by atoms with Crippen molar-refractivity contribution in [1.29, 1.82) is 0 Å². The Morgan fingerprint density at radius 3 is 2.43 bits per heavy atom. The third kappa shape index (κ3) is 3.64. The van der Waals surface area contributed by atoms with Crippen LogP contribution in [0.5, 0.6) is 0 Å². The first kappa shape index (κ1) is 17.9.